The van der Waals surface area contributed by atoms with E-state index in [0.717, 1.165) is 76.5 Å². The Kier molecular flexibility index (Phi) is 4.27. The largest absolute Gasteiger partial charge is 0.456 e. The van der Waals surface area contributed by atoms with Crippen molar-refractivity contribution in [3.8, 4) is 33.4 Å². The van der Waals surface area contributed by atoms with Crippen molar-refractivity contribution in [2.75, 3.05) is 0 Å². The molecule has 43 heavy (non-hydrogen) atoms. The molecule has 0 bridgehead atoms. The van der Waals surface area contributed by atoms with Crippen LogP contribution in [0.15, 0.2) is 162 Å². The highest BCUT2D eigenvalue weighted by atomic mass is 16.3. The van der Waals surface area contributed by atoms with Gasteiger partial charge in [-0.25, -0.2) is 0 Å². The molecule has 1 nitrogen and oxygen atoms in total. The first kappa shape index (κ1) is 19.5. The van der Waals surface area contributed by atoms with Crippen LogP contribution in [0.25, 0.3) is 87.6 Å². The number of fused-ring (bicyclic) bond motifs is 6. The SMILES string of the molecule is [2H]c1c([2H])c([2H])c(-c2c3ccccc3c(-c3ccc(-c4cccc5oc6ccccc6c45)c4ccccc34)c3ccccc23)c([2H])c1[2H]. The number of hydrogen-bond donors (Lipinski definition) is 0. The van der Waals surface area contributed by atoms with Crippen molar-refractivity contribution in [3.05, 3.63) is 158 Å². The number of furan rings is 1. The van der Waals surface area contributed by atoms with E-state index in [4.69, 9.17) is 11.3 Å². The van der Waals surface area contributed by atoms with Gasteiger partial charge in [-0.15, -0.1) is 0 Å². The maximum atomic E-state index is 8.87. The number of hydrogen-bond acceptors (Lipinski definition) is 1. The lowest BCUT2D eigenvalue weighted by Gasteiger charge is -2.19. The molecular weight excluding hydrogens is 520 g/mol. The zero-order chi connectivity index (χ0) is 32.7. The van der Waals surface area contributed by atoms with Gasteiger partial charge >= 0.3 is 0 Å². The standard InChI is InChI=1S/C42H26O/c1-2-13-27(14-3-1)40-32-17-6-8-19-34(32)41(35-20-9-7-18-33(35)40)36-26-25-30(28-15-4-5-16-29(28)36)31-22-12-24-39-42(31)37-21-10-11-23-38(37)43-39/h1-26H/i1D,2D,3D,13D,14D. The fraction of sp³-hybridized carbons (Fsp3) is 0. The summed E-state index contributed by atoms with van der Waals surface area (Å²) in [6, 6.07) is 41.7. The molecule has 200 valence electrons. The molecule has 1 heteroatoms. The molecule has 8 aromatic carbocycles. The van der Waals surface area contributed by atoms with Crippen molar-refractivity contribution < 1.29 is 11.3 Å². The molecule has 0 aliphatic carbocycles. The number of rotatable bonds is 3. The summed E-state index contributed by atoms with van der Waals surface area (Å²) in [7, 11) is 0. The zero-order valence-corrected chi connectivity index (χ0v) is 23.0. The quantitative estimate of drug-likeness (QED) is 0.199. The molecule has 0 spiro atoms. The summed E-state index contributed by atoms with van der Waals surface area (Å²) in [5, 5.41) is 7.90. The summed E-state index contributed by atoms with van der Waals surface area (Å²) in [5.41, 5.74) is 6.86. The van der Waals surface area contributed by atoms with Crippen LogP contribution < -0.4 is 0 Å². The van der Waals surface area contributed by atoms with E-state index in [2.05, 4.69) is 60.7 Å². The summed E-state index contributed by atoms with van der Waals surface area (Å²) in [5.74, 6) is 0. The molecule has 0 unspecified atom stereocenters. The van der Waals surface area contributed by atoms with Gasteiger partial charge in [-0.3, -0.25) is 0 Å². The van der Waals surface area contributed by atoms with E-state index in [1.54, 1.807) is 0 Å². The molecule has 9 rings (SSSR count). The first-order chi connectivity index (χ1) is 23.4. The Labute approximate surface area is 256 Å². The van der Waals surface area contributed by atoms with Crippen LogP contribution in [-0.4, -0.2) is 0 Å². The van der Waals surface area contributed by atoms with Gasteiger partial charge in [0, 0.05) is 10.8 Å². The minimum Gasteiger partial charge on any atom is -0.456 e. The minimum atomic E-state index is -0.398. The molecule has 9 aromatic rings. The molecule has 0 saturated heterocycles. The van der Waals surface area contributed by atoms with E-state index in [9.17, 15) is 0 Å². The Bertz CT molecular complexity index is 2710. The van der Waals surface area contributed by atoms with Crippen LogP contribution in [0.1, 0.15) is 6.85 Å². The lowest BCUT2D eigenvalue weighted by Crippen LogP contribution is -1.92. The third-order valence-electron chi connectivity index (χ3n) is 8.57. The van der Waals surface area contributed by atoms with Gasteiger partial charge in [-0.1, -0.05) is 145 Å². The van der Waals surface area contributed by atoms with E-state index in [1.165, 1.54) is 0 Å². The van der Waals surface area contributed by atoms with Crippen LogP contribution in [0.4, 0.5) is 0 Å². The first-order valence-corrected chi connectivity index (χ1v) is 14.4. The molecule has 0 fully saturated rings. The fourth-order valence-corrected chi connectivity index (χ4v) is 6.81. The molecule has 0 N–H and O–H groups in total. The topological polar surface area (TPSA) is 13.1 Å². The Morgan fingerprint density at radius 1 is 0.372 bits per heavy atom. The Morgan fingerprint density at radius 2 is 0.884 bits per heavy atom. The zero-order valence-electron chi connectivity index (χ0n) is 28.0. The second-order valence-corrected chi connectivity index (χ2v) is 10.8. The van der Waals surface area contributed by atoms with E-state index in [-0.39, 0.29) is 29.7 Å². The average Bonchev–Trinajstić information content (AvgIpc) is 3.52. The summed E-state index contributed by atoms with van der Waals surface area (Å²) >= 11 is 0. The molecule has 1 heterocycles. The summed E-state index contributed by atoms with van der Waals surface area (Å²) in [6.07, 6.45) is 0. The average molecular weight is 552 g/mol. The number of benzene rings is 8. The normalized spacial score (nSPS) is 13.3. The minimum absolute atomic E-state index is 0.209. The summed E-state index contributed by atoms with van der Waals surface area (Å²) in [6.45, 7) is 0. The van der Waals surface area contributed by atoms with Gasteiger partial charge in [0.25, 0.3) is 0 Å². The predicted octanol–water partition coefficient (Wildman–Crippen LogP) is 12.0. The van der Waals surface area contributed by atoms with E-state index in [0.29, 0.717) is 5.56 Å². The second-order valence-electron chi connectivity index (χ2n) is 10.8. The second kappa shape index (κ2) is 9.44. The molecule has 0 atom stereocenters. The Balaban J connectivity index is 1.39. The van der Waals surface area contributed by atoms with Crippen molar-refractivity contribution in [1.82, 2.24) is 0 Å². The Hall–Kier alpha value is -5.66. The third-order valence-corrected chi connectivity index (χ3v) is 8.57. The van der Waals surface area contributed by atoms with Crippen LogP contribution in [0.5, 0.6) is 0 Å². The molecule has 0 amide bonds. The highest BCUT2D eigenvalue weighted by Crippen LogP contribution is 2.47. The van der Waals surface area contributed by atoms with Crippen molar-refractivity contribution in [3.63, 3.8) is 0 Å². The molecular formula is C42H26O. The van der Waals surface area contributed by atoms with Gasteiger partial charge in [-0.2, -0.15) is 0 Å². The van der Waals surface area contributed by atoms with Gasteiger partial charge in [0.15, 0.2) is 0 Å². The number of para-hydroxylation sites is 1. The molecule has 1 aromatic heterocycles. The van der Waals surface area contributed by atoms with Crippen LogP contribution in [0.2, 0.25) is 0 Å². The lowest BCUT2D eigenvalue weighted by molar-refractivity contribution is 0.669. The van der Waals surface area contributed by atoms with Crippen LogP contribution >= 0.6 is 0 Å². The van der Waals surface area contributed by atoms with Crippen molar-refractivity contribution in [1.29, 1.82) is 0 Å². The van der Waals surface area contributed by atoms with Gasteiger partial charge < -0.3 is 4.42 Å². The smallest absolute Gasteiger partial charge is 0.136 e. The third kappa shape index (κ3) is 3.58. The highest BCUT2D eigenvalue weighted by molar-refractivity contribution is 6.24. The molecule has 0 aliphatic heterocycles. The maximum Gasteiger partial charge on any atom is 0.136 e. The predicted molar refractivity (Wildman–Crippen MR) is 183 cm³/mol. The van der Waals surface area contributed by atoms with E-state index < -0.39 is 6.04 Å². The fourth-order valence-electron chi connectivity index (χ4n) is 6.81. The van der Waals surface area contributed by atoms with Crippen molar-refractivity contribution in [2.24, 2.45) is 0 Å². The maximum absolute atomic E-state index is 8.87. The van der Waals surface area contributed by atoms with Crippen LogP contribution in [0, 0.1) is 0 Å². The Morgan fingerprint density at radius 3 is 1.56 bits per heavy atom. The molecule has 0 radical (unpaired) electrons. The van der Waals surface area contributed by atoms with Gasteiger partial charge in [0.2, 0.25) is 0 Å². The summed E-state index contributed by atoms with van der Waals surface area (Å²) < 4.78 is 49.0. The highest BCUT2D eigenvalue weighted by Gasteiger charge is 2.20. The van der Waals surface area contributed by atoms with Gasteiger partial charge in [0.1, 0.15) is 11.2 Å². The van der Waals surface area contributed by atoms with Crippen LogP contribution in [0.3, 0.4) is 0 Å². The van der Waals surface area contributed by atoms with Crippen LogP contribution in [-0.2, 0) is 0 Å². The van der Waals surface area contributed by atoms with E-state index >= 15 is 0 Å². The lowest BCUT2D eigenvalue weighted by atomic mass is 9.83. The van der Waals surface area contributed by atoms with E-state index in [1.807, 2.05) is 66.7 Å². The first-order valence-electron chi connectivity index (χ1n) is 16.9. The van der Waals surface area contributed by atoms with Crippen molar-refractivity contribution in [2.45, 2.75) is 0 Å². The van der Waals surface area contributed by atoms with Gasteiger partial charge in [0.05, 0.1) is 6.85 Å². The molecule has 0 saturated carbocycles. The molecule has 0 aliphatic rings. The monoisotopic (exact) mass is 551 g/mol. The summed E-state index contributed by atoms with van der Waals surface area (Å²) in [4.78, 5) is 0. The van der Waals surface area contributed by atoms with Crippen molar-refractivity contribution >= 4 is 54.3 Å². The van der Waals surface area contributed by atoms with Gasteiger partial charge in [-0.05, 0) is 77.8 Å².